The van der Waals surface area contributed by atoms with Gasteiger partial charge in [-0.3, -0.25) is 4.79 Å². The van der Waals surface area contributed by atoms with Crippen LogP contribution < -0.4 is 10.6 Å². The van der Waals surface area contributed by atoms with Crippen LogP contribution in [0.25, 0.3) is 0 Å². The monoisotopic (exact) mass is 367 g/mol. The van der Waals surface area contributed by atoms with E-state index in [1.54, 1.807) is 0 Å². The van der Waals surface area contributed by atoms with Crippen LogP contribution in [0.1, 0.15) is 33.1 Å². The van der Waals surface area contributed by atoms with Crippen molar-refractivity contribution in [1.82, 2.24) is 15.5 Å². The van der Waals surface area contributed by atoms with Crippen LogP contribution in [-0.2, 0) is 9.59 Å². The molecule has 27 heavy (non-hydrogen) atoms. The van der Waals surface area contributed by atoms with E-state index in [0.29, 0.717) is 0 Å². The van der Waals surface area contributed by atoms with Gasteiger partial charge in [0.1, 0.15) is 0 Å². The fraction of sp³-hybridized carbons (Fsp3) is 0.571. The van der Waals surface area contributed by atoms with Crippen molar-refractivity contribution in [3.63, 3.8) is 0 Å². The molecule has 0 aromatic heterocycles. The second-order valence-corrected chi connectivity index (χ2v) is 7.36. The third-order valence-corrected chi connectivity index (χ3v) is 5.23. The molecule has 0 aromatic rings. The Bertz CT molecular complexity index is 692. The number of nitrogens with zero attached hydrogens (tertiary/aromatic N) is 1. The number of allylic oxidation sites excluding steroid dienone is 4. The molecule has 2 heterocycles. The van der Waals surface area contributed by atoms with Gasteiger partial charge in [-0.2, -0.15) is 0 Å². The number of rotatable bonds is 5. The van der Waals surface area contributed by atoms with Crippen LogP contribution in [-0.4, -0.2) is 61.8 Å². The van der Waals surface area contributed by atoms with Crippen LogP contribution >= 0.6 is 0 Å². The van der Waals surface area contributed by atoms with Crippen molar-refractivity contribution in [3.05, 3.63) is 23.8 Å². The van der Waals surface area contributed by atoms with E-state index >= 15 is 0 Å². The molecule has 1 spiro atoms. The Balaban J connectivity index is 1.80. The molecule has 2 aliphatic heterocycles. The van der Waals surface area contributed by atoms with Crippen molar-refractivity contribution < 1.29 is 9.59 Å². The molecule has 0 bridgehead atoms. The van der Waals surface area contributed by atoms with Crippen LogP contribution in [0.15, 0.2) is 23.8 Å². The summed E-state index contributed by atoms with van der Waals surface area (Å²) in [5.41, 5.74) is 0.659. The molecular weight excluding hydrogens is 337 g/mol. The Morgan fingerprint density at radius 2 is 2.11 bits per heavy atom. The van der Waals surface area contributed by atoms with E-state index < -0.39 is 0 Å². The molecule has 0 aliphatic carbocycles. The summed E-state index contributed by atoms with van der Waals surface area (Å²) in [6.07, 6.45) is 8.43. The normalized spacial score (nSPS) is 21.0. The first kappa shape index (κ1) is 21.2. The van der Waals surface area contributed by atoms with E-state index in [1.165, 1.54) is 0 Å². The maximum atomic E-state index is 12.1. The zero-order valence-electron chi connectivity index (χ0n) is 16.7. The van der Waals surface area contributed by atoms with E-state index in [4.69, 9.17) is 0 Å². The standard InChI is InChI=1S/C21H30BN3O2/c1-4-5-18(8-12-22-3)6-7-19(26)24-17(2)16-25-14-10-21(11-15-25)9-13-23-20(21)27/h4-5,8,12,17H,9-11,13-16H2,1-3H3,(H,23,27)(H,24,26)/b5-4-,18-8+. The minimum atomic E-state index is -0.262. The fourth-order valence-electron chi connectivity index (χ4n) is 3.70. The minimum absolute atomic E-state index is 0.0166. The Morgan fingerprint density at radius 3 is 2.70 bits per heavy atom. The molecule has 2 rings (SSSR count). The Hall–Kier alpha value is -2.13. The average molecular weight is 367 g/mol. The van der Waals surface area contributed by atoms with Crippen molar-refractivity contribution in [2.24, 2.45) is 5.41 Å². The summed E-state index contributed by atoms with van der Waals surface area (Å²) in [4.78, 5) is 26.5. The predicted molar refractivity (Wildman–Crippen MR) is 112 cm³/mol. The van der Waals surface area contributed by atoms with Crippen molar-refractivity contribution in [2.45, 2.75) is 46.0 Å². The Morgan fingerprint density at radius 1 is 1.37 bits per heavy atom. The van der Waals surface area contributed by atoms with E-state index in [2.05, 4.69) is 27.4 Å². The van der Waals surface area contributed by atoms with Gasteiger partial charge in [0.05, 0.1) is 5.41 Å². The van der Waals surface area contributed by atoms with Crippen LogP contribution in [0.2, 0.25) is 6.82 Å². The van der Waals surface area contributed by atoms with Gasteiger partial charge in [-0.05, 0) is 6.42 Å². The van der Waals surface area contributed by atoms with E-state index in [9.17, 15) is 9.59 Å². The molecular formula is C21H30BN3O2. The SMILES string of the molecule is CB=C/C=C(C#CC(=O)NC(C)CN1CCC2(CCNC2=O)CC1)\C=C/C. The average Bonchev–Trinajstić information content (AvgIpc) is 2.99. The molecule has 144 valence electrons. The number of carbonyl (C=O) groups excluding carboxylic acids is 2. The van der Waals surface area contributed by atoms with E-state index in [-0.39, 0.29) is 23.3 Å². The molecule has 2 fully saturated rings. The number of nitrogens with one attached hydrogen (secondary N) is 2. The molecule has 6 heteroatoms. The molecule has 1 unspecified atom stereocenters. The van der Waals surface area contributed by atoms with Gasteiger partial charge >= 0.3 is 129 Å². The van der Waals surface area contributed by atoms with Gasteiger partial charge in [0.15, 0.2) is 0 Å². The summed E-state index contributed by atoms with van der Waals surface area (Å²) < 4.78 is 0. The van der Waals surface area contributed by atoms with Gasteiger partial charge in [0, 0.05) is 6.54 Å². The Kier molecular flexibility index (Phi) is 8.06. The van der Waals surface area contributed by atoms with Gasteiger partial charge in [0.2, 0.25) is 5.91 Å². The van der Waals surface area contributed by atoms with Gasteiger partial charge in [-0.1, -0.05) is 0 Å². The van der Waals surface area contributed by atoms with Crippen LogP contribution in [0.4, 0.5) is 0 Å². The zero-order valence-corrected chi connectivity index (χ0v) is 16.7. The molecule has 0 radical (unpaired) electrons. The number of hydrogen-bond acceptors (Lipinski definition) is 3. The van der Waals surface area contributed by atoms with Crippen molar-refractivity contribution in [1.29, 1.82) is 0 Å². The molecule has 2 saturated heterocycles. The second-order valence-electron chi connectivity index (χ2n) is 7.36. The third-order valence-electron chi connectivity index (χ3n) is 5.23. The van der Waals surface area contributed by atoms with Gasteiger partial charge in [0.25, 0.3) is 0 Å². The topological polar surface area (TPSA) is 61.4 Å². The fourth-order valence-corrected chi connectivity index (χ4v) is 3.70. The van der Waals surface area contributed by atoms with Crippen LogP contribution in [0.3, 0.4) is 0 Å². The van der Waals surface area contributed by atoms with Crippen molar-refractivity contribution in [2.75, 3.05) is 26.2 Å². The summed E-state index contributed by atoms with van der Waals surface area (Å²) >= 11 is 0. The van der Waals surface area contributed by atoms with Gasteiger partial charge in [-0.25, -0.2) is 0 Å². The third kappa shape index (κ3) is 6.21. The molecule has 0 aromatic carbocycles. The van der Waals surface area contributed by atoms with E-state index in [0.717, 1.165) is 51.0 Å². The number of likely N-dealkylation sites (tertiary alicyclic amines) is 1. The first-order chi connectivity index (χ1) is 13.0. The summed E-state index contributed by atoms with van der Waals surface area (Å²) in [5, 5.41) is 5.91. The van der Waals surface area contributed by atoms with Crippen LogP contribution in [0, 0.1) is 17.3 Å². The number of carbonyl (C=O) groups is 2. The molecule has 2 amide bonds. The predicted octanol–water partition coefficient (Wildman–Crippen LogP) is 1.15. The zero-order chi connectivity index (χ0) is 19.7. The first-order valence-corrected chi connectivity index (χ1v) is 9.78. The van der Waals surface area contributed by atoms with Crippen LogP contribution in [0.5, 0.6) is 0 Å². The molecule has 0 saturated carbocycles. The maximum absolute atomic E-state index is 12.1. The van der Waals surface area contributed by atoms with E-state index in [1.807, 2.05) is 51.8 Å². The van der Waals surface area contributed by atoms with Gasteiger partial charge < -0.3 is 5.32 Å². The molecule has 2 N–H and O–H groups in total. The molecule has 2 aliphatic rings. The van der Waals surface area contributed by atoms with Crippen molar-refractivity contribution in [3.8, 4) is 11.8 Å². The van der Waals surface area contributed by atoms with Crippen molar-refractivity contribution >= 4 is 24.7 Å². The summed E-state index contributed by atoms with van der Waals surface area (Å²) in [6.45, 7) is 11.2. The molecule has 5 nitrogen and oxygen atoms in total. The molecule has 1 atom stereocenters. The summed E-state index contributed by atoms with van der Waals surface area (Å²) in [6, 6.07) is 0.0166. The summed E-state index contributed by atoms with van der Waals surface area (Å²) in [5.74, 6) is 7.43. The second kappa shape index (κ2) is 10.3. The number of hydrogen-bond donors (Lipinski definition) is 2. The summed E-state index contributed by atoms with van der Waals surface area (Å²) in [7, 11) is 0. The quantitative estimate of drug-likeness (QED) is 0.436. The number of piperidine rings is 1. The Labute approximate surface area is 163 Å². The van der Waals surface area contributed by atoms with Gasteiger partial charge in [-0.15, -0.1) is 0 Å². The number of amides is 2. The first-order valence-electron chi connectivity index (χ1n) is 9.78.